The van der Waals surface area contributed by atoms with E-state index in [1.807, 2.05) is 13.0 Å². The highest BCUT2D eigenvalue weighted by atomic mass is 19.1. The van der Waals surface area contributed by atoms with Crippen molar-refractivity contribution >= 4 is 23.0 Å². The van der Waals surface area contributed by atoms with Crippen LogP contribution in [0.3, 0.4) is 0 Å². The zero-order valence-corrected chi connectivity index (χ0v) is 20.5. The molecule has 7 nitrogen and oxygen atoms in total. The van der Waals surface area contributed by atoms with Crippen LogP contribution in [0.5, 0.6) is 0 Å². The molecule has 2 fully saturated rings. The number of carbonyl (C=O) groups is 1. The van der Waals surface area contributed by atoms with E-state index in [-0.39, 0.29) is 17.6 Å². The van der Waals surface area contributed by atoms with E-state index in [9.17, 15) is 4.79 Å². The fraction of sp³-hybridized carbons (Fsp3) is 0.444. The lowest BCUT2D eigenvalue weighted by molar-refractivity contribution is 0.0600. The minimum atomic E-state index is -0.599. The van der Waals surface area contributed by atoms with Crippen molar-refractivity contribution in [2.24, 2.45) is 5.92 Å². The number of hydrogen-bond donors (Lipinski definition) is 0. The lowest BCUT2D eigenvalue weighted by atomic mass is 9.97. The van der Waals surface area contributed by atoms with Crippen LogP contribution in [0.2, 0.25) is 0 Å². The Hall–Kier alpha value is -3.42. The fourth-order valence-corrected chi connectivity index (χ4v) is 5.68. The number of anilines is 1. The summed E-state index contributed by atoms with van der Waals surface area (Å²) in [5, 5.41) is 0. The molecule has 0 spiro atoms. The Kier molecular flexibility index (Phi) is 5.27. The summed E-state index contributed by atoms with van der Waals surface area (Å²) in [5.74, 6) is 0.781. The molecule has 6 rings (SSSR count). The molecular formula is C27H31FN6O. The Balaban J connectivity index is 1.34. The van der Waals surface area contributed by atoms with Crippen LogP contribution in [0.1, 0.15) is 65.8 Å². The molecule has 0 aromatic carbocycles. The summed E-state index contributed by atoms with van der Waals surface area (Å²) in [6.07, 6.45) is 9.79. The first-order valence-electron chi connectivity index (χ1n) is 12.6. The van der Waals surface area contributed by atoms with E-state index >= 15 is 4.39 Å². The highest BCUT2D eigenvalue weighted by Gasteiger charge is 2.33. The van der Waals surface area contributed by atoms with Crippen LogP contribution in [0.4, 0.5) is 10.2 Å². The molecule has 2 saturated heterocycles. The third-order valence-electron chi connectivity index (χ3n) is 7.55. The average molecular weight is 475 g/mol. The van der Waals surface area contributed by atoms with Crippen molar-refractivity contribution < 1.29 is 9.18 Å². The van der Waals surface area contributed by atoms with Crippen LogP contribution in [-0.4, -0.2) is 49.2 Å². The van der Waals surface area contributed by atoms with E-state index in [4.69, 9.17) is 4.98 Å². The molecule has 2 aliphatic heterocycles. The van der Waals surface area contributed by atoms with Gasteiger partial charge in [-0.15, -0.1) is 0 Å². The number of halogens is 1. The summed E-state index contributed by atoms with van der Waals surface area (Å²) in [6.45, 7) is 8.98. The first-order chi connectivity index (χ1) is 16.9. The van der Waals surface area contributed by atoms with Gasteiger partial charge in [0.15, 0.2) is 5.69 Å². The van der Waals surface area contributed by atoms with Gasteiger partial charge in [0.2, 0.25) is 5.95 Å². The van der Waals surface area contributed by atoms with Gasteiger partial charge in [0, 0.05) is 43.8 Å². The van der Waals surface area contributed by atoms with E-state index in [2.05, 4.69) is 46.6 Å². The van der Waals surface area contributed by atoms with Gasteiger partial charge in [-0.25, -0.2) is 9.97 Å². The maximum atomic E-state index is 15.2. The number of rotatable bonds is 3. The van der Waals surface area contributed by atoms with Crippen molar-refractivity contribution in [1.82, 2.24) is 23.7 Å². The van der Waals surface area contributed by atoms with Crippen molar-refractivity contribution in [3.63, 3.8) is 0 Å². The fourth-order valence-electron chi connectivity index (χ4n) is 5.68. The van der Waals surface area contributed by atoms with Crippen molar-refractivity contribution in [2.45, 2.75) is 52.5 Å². The van der Waals surface area contributed by atoms with Crippen molar-refractivity contribution in [3.8, 4) is 0 Å². The summed E-state index contributed by atoms with van der Waals surface area (Å²) in [7, 11) is 0. The van der Waals surface area contributed by atoms with Crippen LogP contribution in [0.25, 0.3) is 11.3 Å². The van der Waals surface area contributed by atoms with Crippen molar-refractivity contribution in [1.29, 1.82) is 0 Å². The normalized spacial score (nSPS) is 20.9. The molecule has 2 aliphatic rings. The predicted molar refractivity (Wildman–Crippen MR) is 133 cm³/mol. The smallest absolute Gasteiger partial charge is 0.277 e. The van der Waals surface area contributed by atoms with Gasteiger partial charge in [-0.1, -0.05) is 6.92 Å². The largest absolute Gasteiger partial charge is 0.356 e. The number of likely N-dealkylation sites (tertiary alicyclic amines) is 1. The first-order valence-corrected chi connectivity index (χ1v) is 12.6. The van der Waals surface area contributed by atoms with Gasteiger partial charge in [-0.05, 0) is 74.8 Å². The minimum absolute atomic E-state index is 0.106. The number of aromatic nitrogens is 4. The van der Waals surface area contributed by atoms with E-state index in [1.165, 1.54) is 10.8 Å². The number of piperidine rings is 1. The maximum Gasteiger partial charge on any atom is 0.277 e. The quantitative estimate of drug-likeness (QED) is 0.422. The van der Waals surface area contributed by atoms with Gasteiger partial charge in [0.1, 0.15) is 17.1 Å². The van der Waals surface area contributed by atoms with E-state index in [1.54, 1.807) is 17.2 Å². The summed E-state index contributed by atoms with van der Waals surface area (Å²) >= 11 is 0. The van der Waals surface area contributed by atoms with Gasteiger partial charge in [-0.2, -0.15) is 4.39 Å². The Morgan fingerprint density at radius 2 is 1.91 bits per heavy atom. The molecule has 4 aromatic heterocycles. The number of imidazole rings is 1. The maximum absolute atomic E-state index is 15.2. The van der Waals surface area contributed by atoms with E-state index in [0.29, 0.717) is 18.1 Å². The Morgan fingerprint density at radius 3 is 2.71 bits per heavy atom. The van der Waals surface area contributed by atoms with Gasteiger partial charge >= 0.3 is 0 Å². The van der Waals surface area contributed by atoms with Crippen LogP contribution < -0.4 is 4.90 Å². The summed E-state index contributed by atoms with van der Waals surface area (Å²) in [5.41, 5.74) is 4.39. The van der Waals surface area contributed by atoms with Crippen LogP contribution >= 0.6 is 0 Å². The molecule has 6 heterocycles. The van der Waals surface area contributed by atoms with Crippen molar-refractivity contribution in [2.75, 3.05) is 24.5 Å². The van der Waals surface area contributed by atoms with E-state index < -0.39 is 5.95 Å². The van der Waals surface area contributed by atoms with Crippen LogP contribution in [0.15, 0.2) is 36.8 Å². The third kappa shape index (κ3) is 3.75. The zero-order chi connectivity index (χ0) is 24.3. The van der Waals surface area contributed by atoms with Gasteiger partial charge in [0.05, 0.1) is 6.04 Å². The Bertz CT molecular complexity index is 1440. The molecule has 0 unspecified atom stereocenters. The molecule has 4 aromatic rings. The molecule has 0 saturated carbocycles. The molecule has 182 valence electrons. The number of pyridine rings is 1. The number of amides is 1. The SMILES string of the molecule is Cc1ccn2c(F)c(C(=O)N3CCCC[C@H]3c3cc4nc(N5CC[C@H](C)C5)c(C)cn4c3)nc2c1. The summed E-state index contributed by atoms with van der Waals surface area (Å²) in [6, 6.07) is 5.57. The molecule has 0 N–H and O–H groups in total. The second-order valence-electron chi connectivity index (χ2n) is 10.3. The lowest BCUT2D eigenvalue weighted by Gasteiger charge is -2.35. The van der Waals surface area contributed by atoms with Crippen molar-refractivity contribution in [3.05, 3.63) is 65.1 Å². The van der Waals surface area contributed by atoms with Gasteiger partial charge in [0.25, 0.3) is 5.91 Å². The van der Waals surface area contributed by atoms with Gasteiger partial charge in [-0.3, -0.25) is 9.20 Å². The van der Waals surface area contributed by atoms with E-state index in [0.717, 1.165) is 60.5 Å². The monoisotopic (exact) mass is 474 g/mol. The van der Waals surface area contributed by atoms with Gasteiger partial charge < -0.3 is 14.2 Å². The Morgan fingerprint density at radius 1 is 1.06 bits per heavy atom. The third-order valence-corrected chi connectivity index (χ3v) is 7.55. The van der Waals surface area contributed by atoms with Crippen LogP contribution in [-0.2, 0) is 0 Å². The number of fused-ring (bicyclic) bond motifs is 2. The molecule has 0 aliphatic carbocycles. The molecule has 2 atom stereocenters. The topological polar surface area (TPSA) is 58.2 Å². The zero-order valence-electron chi connectivity index (χ0n) is 20.5. The molecule has 0 bridgehead atoms. The van der Waals surface area contributed by atoms with Crippen LogP contribution in [0, 0.1) is 25.7 Å². The average Bonchev–Trinajstić information content (AvgIpc) is 3.54. The molecule has 1 amide bonds. The number of nitrogens with zero attached hydrogens (tertiary/aromatic N) is 6. The second-order valence-corrected chi connectivity index (χ2v) is 10.3. The number of hydrogen-bond acceptors (Lipinski definition) is 4. The molecule has 35 heavy (non-hydrogen) atoms. The highest BCUT2D eigenvalue weighted by Crippen LogP contribution is 2.34. The summed E-state index contributed by atoms with van der Waals surface area (Å²) < 4.78 is 18.6. The minimum Gasteiger partial charge on any atom is -0.356 e. The summed E-state index contributed by atoms with van der Waals surface area (Å²) in [4.78, 5) is 27.1. The number of aryl methyl sites for hydroxylation is 2. The Labute approximate surface area is 204 Å². The first kappa shape index (κ1) is 22.1. The number of carbonyl (C=O) groups excluding carboxylic acids is 1. The molecule has 0 radical (unpaired) electrons. The lowest BCUT2D eigenvalue weighted by Crippen LogP contribution is -2.39. The second kappa shape index (κ2) is 8.36. The standard InChI is InChI=1S/C27H31FN6O/c1-17-8-11-34-23(12-17)29-24(25(34)28)27(35)33-9-5-4-6-21(33)20-13-22-30-26(19(3)15-32(22)16-20)31-10-7-18(2)14-31/h8,11-13,15-16,18,21H,4-7,9-10,14H2,1-3H3/t18-,21-/m0/s1. The highest BCUT2D eigenvalue weighted by molar-refractivity contribution is 5.93. The molecular weight excluding hydrogens is 443 g/mol. The molecule has 8 heteroatoms. The predicted octanol–water partition coefficient (Wildman–Crippen LogP) is 4.95.